The van der Waals surface area contributed by atoms with Gasteiger partial charge in [0.2, 0.25) is 5.03 Å². The van der Waals surface area contributed by atoms with Gasteiger partial charge in [0.15, 0.2) is 0 Å². The quantitative estimate of drug-likeness (QED) is 0.302. The van der Waals surface area contributed by atoms with Crippen molar-refractivity contribution in [1.29, 1.82) is 0 Å². The fourth-order valence-corrected chi connectivity index (χ4v) is 7.45. The Balaban J connectivity index is 1.28. The molecule has 5 heterocycles. The van der Waals surface area contributed by atoms with E-state index in [2.05, 4.69) is 46.5 Å². The Hall–Kier alpha value is -3.87. The molecule has 2 fully saturated rings. The van der Waals surface area contributed by atoms with Crippen LogP contribution in [0.5, 0.6) is 0 Å². The Bertz CT molecular complexity index is 1810. The molecule has 3 aromatic heterocycles. The summed E-state index contributed by atoms with van der Waals surface area (Å²) in [6.45, 7) is 4.23. The topological polar surface area (TPSA) is 113 Å². The normalized spacial score (nSPS) is 20.4. The lowest BCUT2D eigenvalue weighted by molar-refractivity contribution is -0.0286. The maximum Gasteiger partial charge on any atom is 0.264 e. The number of rotatable bonds is 7. The van der Waals surface area contributed by atoms with E-state index < -0.39 is 15.4 Å². The van der Waals surface area contributed by atoms with Crippen LogP contribution in [0.1, 0.15) is 29.2 Å². The SMILES string of the molecule is Cc1cc2c(cnn2-c2cnn(C3COC3)c2)cc1C1(Cc2ccccc2)CCN(S(=O)(=O)c2cnn(C)n2)C1. The molecule has 2 aliphatic rings. The monoisotopic (exact) mass is 558 g/mol. The summed E-state index contributed by atoms with van der Waals surface area (Å²) in [5.74, 6) is 0. The van der Waals surface area contributed by atoms with Crippen molar-refractivity contribution in [3.8, 4) is 5.69 Å². The lowest BCUT2D eigenvalue weighted by Gasteiger charge is -2.32. The van der Waals surface area contributed by atoms with E-state index in [-0.39, 0.29) is 11.1 Å². The van der Waals surface area contributed by atoms with Gasteiger partial charge in [-0.05, 0) is 48.6 Å². The van der Waals surface area contributed by atoms with Gasteiger partial charge in [0, 0.05) is 30.9 Å². The molecule has 0 radical (unpaired) electrons. The third kappa shape index (κ3) is 4.14. The van der Waals surface area contributed by atoms with Crippen molar-refractivity contribution in [1.82, 2.24) is 38.9 Å². The standard InChI is InChI=1S/C28H30N8O3S/c1-20-10-26-22(13-31-36(26)23-14-30-35(16-23)24-17-39-18-24)11-25(20)28(12-21-6-4-3-5-7-21)8-9-34(19-28)40(37,38)27-15-29-33(2)32-27/h3-7,10-11,13-16,24H,8-9,12,17-19H2,1-2H3. The first-order chi connectivity index (χ1) is 19.3. The van der Waals surface area contributed by atoms with Crippen molar-refractivity contribution in [2.45, 2.75) is 36.2 Å². The van der Waals surface area contributed by atoms with E-state index >= 15 is 0 Å². The molecule has 12 heteroatoms. The third-order valence-corrected chi connectivity index (χ3v) is 9.91. The number of sulfonamides is 1. The minimum atomic E-state index is -3.77. The maximum absolute atomic E-state index is 13.5. The average Bonchev–Trinajstić information content (AvgIpc) is 3.70. The van der Waals surface area contributed by atoms with Crippen molar-refractivity contribution < 1.29 is 13.2 Å². The number of hydrogen-bond donors (Lipinski definition) is 0. The fourth-order valence-electron chi connectivity index (χ4n) is 6.03. The molecule has 11 nitrogen and oxygen atoms in total. The number of nitrogens with zero attached hydrogens (tertiary/aromatic N) is 8. The maximum atomic E-state index is 13.5. The molecule has 0 aliphatic carbocycles. The van der Waals surface area contributed by atoms with Crippen LogP contribution in [-0.2, 0) is 33.6 Å². The Morgan fingerprint density at radius 1 is 1.05 bits per heavy atom. The van der Waals surface area contributed by atoms with Crippen LogP contribution in [0.25, 0.3) is 16.6 Å². The lowest BCUT2D eigenvalue weighted by atomic mass is 9.73. The molecule has 206 valence electrons. The van der Waals surface area contributed by atoms with Crippen molar-refractivity contribution in [3.63, 3.8) is 0 Å². The second kappa shape index (κ2) is 9.36. The van der Waals surface area contributed by atoms with Gasteiger partial charge >= 0.3 is 0 Å². The molecular formula is C28H30N8O3S. The highest BCUT2D eigenvalue weighted by Crippen LogP contribution is 2.42. The first kappa shape index (κ1) is 25.1. The molecule has 5 aromatic rings. The minimum Gasteiger partial charge on any atom is -0.377 e. The van der Waals surface area contributed by atoms with E-state index in [1.165, 1.54) is 16.6 Å². The van der Waals surface area contributed by atoms with Gasteiger partial charge in [0.05, 0.1) is 49.6 Å². The summed E-state index contributed by atoms with van der Waals surface area (Å²) < 4.78 is 37.8. The second-order valence-corrected chi connectivity index (χ2v) is 12.7. The summed E-state index contributed by atoms with van der Waals surface area (Å²) in [6, 6.07) is 14.9. The van der Waals surface area contributed by atoms with E-state index in [0.29, 0.717) is 32.7 Å². The molecule has 0 bridgehead atoms. The van der Waals surface area contributed by atoms with Crippen molar-refractivity contribution in [2.24, 2.45) is 7.05 Å². The smallest absolute Gasteiger partial charge is 0.264 e. The predicted octanol–water partition coefficient (Wildman–Crippen LogP) is 2.81. The van der Waals surface area contributed by atoms with E-state index in [1.807, 2.05) is 46.2 Å². The molecule has 0 amide bonds. The van der Waals surface area contributed by atoms with Gasteiger partial charge in [0.25, 0.3) is 10.0 Å². The van der Waals surface area contributed by atoms with Gasteiger partial charge in [-0.3, -0.25) is 4.68 Å². The molecule has 0 saturated carbocycles. The molecule has 2 aliphatic heterocycles. The van der Waals surface area contributed by atoms with Gasteiger partial charge in [-0.2, -0.15) is 24.4 Å². The van der Waals surface area contributed by atoms with Crippen molar-refractivity contribution >= 4 is 20.9 Å². The number of aromatic nitrogens is 7. The molecule has 1 atom stereocenters. The molecule has 1 unspecified atom stereocenters. The Morgan fingerprint density at radius 2 is 1.88 bits per heavy atom. The number of ether oxygens (including phenoxy) is 1. The summed E-state index contributed by atoms with van der Waals surface area (Å²) in [6.07, 6.45) is 8.44. The first-order valence-corrected chi connectivity index (χ1v) is 14.8. The summed E-state index contributed by atoms with van der Waals surface area (Å²) in [4.78, 5) is 1.28. The number of fused-ring (bicyclic) bond motifs is 1. The summed E-state index contributed by atoms with van der Waals surface area (Å²) in [5, 5.41) is 18.3. The van der Waals surface area contributed by atoms with Crippen LogP contribution in [0, 0.1) is 6.92 Å². The molecule has 2 saturated heterocycles. The Kier molecular flexibility index (Phi) is 5.88. The van der Waals surface area contributed by atoms with Gasteiger partial charge in [-0.1, -0.05) is 30.3 Å². The van der Waals surface area contributed by atoms with Crippen LogP contribution in [0.2, 0.25) is 0 Å². The van der Waals surface area contributed by atoms with E-state index in [9.17, 15) is 8.42 Å². The molecule has 2 aromatic carbocycles. The van der Waals surface area contributed by atoms with Crippen LogP contribution in [0.3, 0.4) is 0 Å². The molecule has 0 spiro atoms. The third-order valence-electron chi connectivity index (χ3n) is 8.20. The zero-order valence-corrected chi connectivity index (χ0v) is 23.2. The zero-order valence-electron chi connectivity index (χ0n) is 22.4. The average molecular weight is 559 g/mol. The van der Waals surface area contributed by atoms with Crippen LogP contribution < -0.4 is 0 Å². The summed E-state index contributed by atoms with van der Waals surface area (Å²) >= 11 is 0. The Morgan fingerprint density at radius 3 is 2.60 bits per heavy atom. The van der Waals surface area contributed by atoms with Gasteiger partial charge < -0.3 is 4.74 Å². The van der Waals surface area contributed by atoms with Crippen LogP contribution in [-0.4, -0.2) is 73.6 Å². The van der Waals surface area contributed by atoms with Crippen LogP contribution >= 0.6 is 0 Å². The first-order valence-electron chi connectivity index (χ1n) is 13.3. The second-order valence-electron chi connectivity index (χ2n) is 10.9. The largest absolute Gasteiger partial charge is 0.377 e. The molecule has 40 heavy (non-hydrogen) atoms. The Labute approximate surface area is 232 Å². The highest BCUT2D eigenvalue weighted by molar-refractivity contribution is 7.89. The number of hydrogen-bond acceptors (Lipinski definition) is 7. The summed E-state index contributed by atoms with van der Waals surface area (Å²) in [5.41, 5.74) is 4.89. The van der Waals surface area contributed by atoms with Crippen LogP contribution in [0.4, 0.5) is 0 Å². The zero-order chi connectivity index (χ0) is 27.5. The number of aryl methyl sites for hydroxylation is 2. The molecular weight excluding hydrogens is 528 g/mol. The fraction of sp³-hybridized carbons (Fsp3) is 0.357. The van der Waals surface area contributed by atoms with Gasteiger partial charge in [0.1, 0.15) is 5.69 Å². The lowest BCUT2D eigenvalue weighted by Crippen LogP contribution is -2.36. The highest BCUT2D eigenvalue weighted by atomic mass is 32.2. The van der Waals surface area contributed by atoms with Gasteiger partial charge in [-0.15, -0.1) is 5.10 Å². The predicted molar refractivity (Wildman–Crippen MR) is 148 cm³/mol. The van der Waals surface area contributed by atoms with Crippen LogP contribution in [0.15, 0.2) is 72.3 Å². The van der Waals surface area contributed by atoms with Crippen molar-refractivity contribution in [2.75, 3.05) is 26.3 Å². The highest BCUT2D eigenvalue weighted by Gasteiger charge is 2.45. The van der Waals surface area contributed by atoms with E-state index in [0.717, 1.165) is 34.1 Å². The minimum absolute atomic E-state index is 0.0204. The van der Waals surface area contributed by atoms with Crippen molar-refractivity contribution in [3.05, 3.63) is 83.9 Å². The summed E-state index contributed by atoms with van der Waals surface area (Å²) in [7, 11) is -2.16. The van der Waals surface area contributed by atoms with E-state index in [4.69, 9.17) is 9.84 Å². The molecule has 7 rings (SSSR count). The number of benzene rings is 2. The van der Waals surface area contributed by atoms with E-state index in [1.54, 1.807) is 11.4 Å². The molecule has 0 N–H and O–H groups in total. The van der Waals surface area contributed by atoms with Gasteiger partial charge in [-0.25, -0.2) is 13.1 Å².